The van der Waals surface area contributed by atoms with Crippen LogP contribution in [0.4, 0.5) is 5.82 Å². The molecule has 7 nitrogen and oxygen atoms in total. The number of halogens is 1. The molecule has 0 radical (unpaired) electrons. The van der Waals surface area contributed by atoms with E-state index < -0.39 is 23.5 Å². The zero-order valence-electron chi connectivity index (χ0n) is 15.0. The van der Waals surface area contributed by atoms with E-state index in [0.29, 0.717) is 17.1 Å². The van der Waals surface area contributed by atoms with E-state index in [1.165, 1.54) is 11.0 Å². The third-order valence-electron chi connectivity index (χ3n) is 4.47. The minimum Gasteiger partial charge on any atom is -0.503 e. The van der Waals surface area contributed by atoms with Crippen molar-refractivity contribution >= 4 is 33.4 Å². The van der Waals surface area contributed by atoms with Gasteiger partial charge in [0.1, 0.15) is 11.5 Å². The van der Waals surface area contributed by atoms with Crippen LogP contribution in [0.2, 0.25) is 0 Å². The van der Waals surface area contributed by atoms with Gasteiger partial charge in [-0.1, -0.05) is 33.2 Å². The van der Waals surface area contributed by atoms with Gasteiger partial charge in [-0.2, -0.15) is 0 Å². The van der Waals surface area contributed by atoms with Crippen molar-refractivity contribution in [3.05, 3.63) is 81.1 Å². The summed E-state index contributed by atoms with van der Waals surface area (Å²) in [6, 6.07) is 11.0. The second-order valence-electron chi connectivity index (χ2n) is 6.43. The standard InChI is InChI=1S/C20H15BrN2O5/c1-10-3-8-14(27-10)18(24)16-17(12-4-6-13(21)7-5-12)23(20(26)19(16)25)15-9-11(2)28-22-15/h3-9,17,25H,1-2H3/t17-/m1/s1. The third kappa shape index (κ3) is 2.95. The van der Waals surface area contributed by atoms with Crippen LogP contribution in [0.3, 0.4) is 0 Å². The fraction of sp³-hybridized carbons (Fsp3) is 0.150. The van der Waals surface area contributed by atoms with E-state index in [2.05, 4.69) is 21.1 Å². The van der Waals surface area contributed by atoms with Crippen molar-refractivity contribution in [1.29, 1.82) is 0 Å². The molecule has 3 heterocycles. The van der Waals surface area contributed by atoms with Crippen molar-refractivity contribution in [2.75, 3.05) is 4.90 Å². The summed E-state index contributed by atoms with van der Waals surface area (Å²) in [5, 5.41) is 14.5. The molecular weight excluding hydrogens is 428 g/mol. The monoisotopic (exact) mass is 442 g/mol. The number of anilines is 1. The fourth-order valence-corrected chi connectivity index (χ4v) is 3.45. The van der Waals surface area contributed by atoms with Gasteiger partial charge < -0.3 is 14.0 Å². The highest BCUT2D eigenvalue weighted by Gasteiger charge is 2.46. The Labute approximate surface area is 168 Å². The lowest BCUT2D eigenvalue weighted by atomic mass is 9.95. The zero-order chi connectivity index (χ0) is 20.0. The Morgan fingerprint density at radius 2 is 1.86 bits per heavy atom. The number of hydrogen-bond acceptors (Lipinski definition) is 6. The molecule has 8 heteroatoms. The van der Waals surface area contributed by atoms with Crippen LogP contribution in [0.25, 0.3) is 0 Å². The van der Waals surface area contributed by atoms with Crippen LogP contribution in [0, 0.1) is 13.8 Å². The van der Waals surface area contributed by atoms with E-state index in [4.69, 9.17) is 8.94 Å². The molecule has 1 amide bonds. The van der Waals surface area contributed by atoms with Crippen molar-refractivity contribution in [2.45, 2.75) is 19.9 Å². The maximum Gasteiger partial charge on any atom is 0.295 e. The molecule has 0 spiro atoms. The van der Waals surface area contributed by atoms with Crippen LogP contribution < -0.4 is 4.90 Å². The molecular formula is C20H15BrN2O5. The quantitative estimate of drug-likeness (QED) is 0.600. The van der Waals surface area contributed by atoms with Gasteiger partial charge in [0.25, 0.3) is 5.91 Å². The van der Waals surface area contributed by atoms with Crippen LogP contribution in [0.1, 0.15) is 33.7 Å². The predicted molar refractivity (Wildman–Crippen MR) is 103 cm³/mol. The lowest BCUT2D eigenvalue weighted by Crippen LogP contribution is -2.31. The third-order valence-corrected chi connectivity index (χ3v) is 4.99. The minimum atomic E-state index is -0.872. The number of aliphatic hydroxyl groups excluding tert-OH is 1. The van der Waals surface area contributed by atoms with Crippen molar-refractivity contribution in [3.63, 3.8) is 0 Å². The first-order chi connectivity index (χ1) is 13.4. The van der Waals surface area contributed by atoms with Crippen molar-refractivity contribution < 1.29 is 23.6 Å². The molecule has 4 rings (SSSR count). The molecule has 0 saturated heterocycles. The highest BCUT2D eigenvalue weighted by Crippen LogP contribution is 2.42. The molecule has 142 valence electrons. The summed E-state index contributed by atoms with van der Waals surface area (Å²) in [4.78, 5) is 27.2. The summed E-state index contributed by atoms with van der Waals surface area (Å²) in [6.45, 7) is 3.40. The van der Waals surface area contributed by atoms with E-state index in [9.17, 15) is 14.7 Å². The number of hydrogen-bond donors (Lipinski definition) is 1. The van der Waals surface area contributed by atoms with Crippen molar-refractivity contribution in [2.24, 2.45) is 0 Å². The average Bonchev–Trinajstić information content (AvgIpc) is 3.35. The Balaban J connectivity index is 1.87. The minimum absolute atomic E-state index is 0.0483. The number of furan rings is 1. The lowest BCUT2D eigenvalue weighted by molar-refractivity contribution is -0.117. The summed E-state index contributed by atoms with van der Waals surface area (Å²) >= 11 is 3.37. The second kappa shape index (κ2) is 6.79. The molecule has 28 heavy (non-hydrogen) atoms. The smallest absolute Gasteiger partial charge is 0.295 e. The average molecular weight is 443 g/mol. The molecule has 2 aromatic heterocycles. The van der Waals surface area contributed by atoms with Crippen molar-refractivity contribution in [3.8, 4) is 0 Å². The molecule has 0 bridgehead atoms. The van der Waals surface area contributed by atoms with Crippen LogP contribution in [-0.4, -0.2) is 22.0 Å². The van der Waals surface area contributed by atoms with Gasteiger partial charge in [0.15, 0.2) is 17.3 Å². The van der Waals surface area contributed by atoms with Gasteiger partial charge >= 0.3 is 0 Å². The molecule has 0 unspecified atom stereocenters. The van der Waals surface area contributed by atoms with Crippen LogP contribution in [-0.2, 0) is 4.79 Å². The Bertz CT molecular complexity index is 1110. The number of carbonyl (C=O) groups is 2. The van der Waals surface area contributed by atoms with Gasteiger partial charge in [-0.15, -0.1) is 0 Å². The second-order valence-corrected chi connectivity index (χ2v) is 7.34. The summed E-state index contributed by atoms with van der Waals surface area (Å²) in [7, 11) is 0. The molecule has 1 atom stereocenters. The Morgan fingerprint density at radius 1 is 1.14 bits per heavy atom. The maximum atomic E-state index is 13.1. The highest BCUT2D eigenvalue weighted by atomic mass is 79.9. The molecule has 0 saturated carbocycles. The first kappa shape index (κ1) is 18.2. The van der Waals surface area contributed by atoms with Gasteiger partial charge in [-0.25, -0.2) is 0 Å². The first-order valence-electron chi connectivity index (χ1n) is 8.43. The number of carbonyl (C=O) groups excluding carboxylic acids is 2. The SMILES string of the molecule is Cc1cc(N2C(=O)C(O)=C(C(=O)c3ccc(C)o3)[C@H]2c2ccc(Br)cc2)no1. The van der Waals surface area contributed by atoms with Gasteiger partial charge in [0.2, 0.25) is 5.78 Å². The number of aliphatic hydroxyl groups is 1. The Morgan fingerprint density at radius 3 is 2.43 bits per heavy atom. The van der Waals surface area contributed by atoms with Crippen molar-refractivity contribution in [1.82, 2.24) is 5.16 Å². The Kier molecular flexibility index (Phi) is 4.43. The summed E-state index contributed by atoms with van der Waals surface area (Å²) in [5.74, 6) is -0.613. The predicted octanol–water partition coefficient (Wildman–Crippen LogP) is 4.43. The lowest BCUT2D eigenvalue weighted by Gasteiger charge is -2.24. The number of nitrogens with zero attached hydrogens (tertiary/aromatic N) is 2. The van der Waals surface area contributed by atoms with Gasteiger partial charge in [-0.05, 0) is 43.7 Å². The molecule has 0 aliphatic carbocycles. The number of benzene rings is 1. The summed E-state index contributed by atoms with van der Waals surface area (Å²) in [5.41, 5.74) is 0.565. The number of ketones is 1. The van der Waals surface area contributed by atoms with E-state index in [1.807, 2.05) is 0 Å². The number of aryl methyl sites for hydroxylation is 2. The van der Waals surface area contributed by atoms with E-state index in [0.717, 1.165) is 4.47 Å². The van der Waals surface area contributed by atoms with Crippen LogP contribution in [0.15, 0.2) is 67.2 Å². The Hall–Kier alpha value is -3.13. The number of amides is 1. The topological polar surface area (TPSA) is 96.8 Å². The number of Topliss-reactive ketones (excluding diaryl/α,β-unsaturated/α-hetero) is 1. The van der Waals surface area contributed by atoms with E-state index >= 15 is 0 Å². The summed E-state index contributed by atoms with van der Waals surface area (Å²) < 4.78 is 11.4. The van der Waals surface area contributed by atoms with Gasteiger partial charge in [-0.3, -0.25) is 14.5 Å². The fourth-order valence-electron chi connectivity index (χ4n) is 3.19. The van der Waals surface area contributed by atoms with Gasteiger partial charge in [0.05, 0.1) is 11.6 Å². The number of aromatic nitrogens is 1. The van der Waals surface area contributed by atoms with E-state index in [1.54, 1.807) is 50.2 Å². The van der Waals surface area contributed by atoms with Crippen LogP contribution >= 0.6 is 15.9 Å². The maximum absolute atomic E-state index is 13.1. The largest absolute Gasteiger partial charge is 0.503 e. The zero-order valence-corrected chi connectivity index (χ0v) is 16.6. The summed E-state index contributed by atoms with van der Waals surface area (Å²) in [6.07, 6.45) is 0. The normalized spacial score (nSPS) is 16.9. The van der Waals surface area contributed by atoms with E-state index in [-0.39, 0.29) is 17.2 Å². The molecule has 0 fully saturated rings. The van der Waals surface area contributed by atoms with Crippen LogP contribution in [0.5, 0.6) is 0 Å². The highest BCUT2D eigenvalue weighted by molar-refractivity contribution is 9.10. The van der Waals surface area contributed by atoms with Gasteiger partial charge in [0, 0.05) is 10.5 Å². The molecule has 1 aromatic carbocycles. The number of rotatable bonds is 4. The molecule has 1 aliphatic heterocycles. The molecule has 3 aromatic rings. The molecule has 1 N–H and O–H groups in total. The first-order valence-corrected chi connectivity index (χ1v) is 9.22. The molecule has 1 aliphatic rings.